The molecule has 0 aromatic heterocycles. The van der Waals surface area contributed by atoms with Crippen molar-refractivity contribution in [2.45, 2.75) is 94.0 Å². The van der Waals surface area contributed by atoms with Gasteiger partial charge in [-0.05, 0) is 74.5 Å². The molecule has 8 atom stereocenters. The quantitative estimate of drug-likeness (QED) is 0.243. The van der Waals surface area contributed by atoms with Gasteiger partial charge in [0.15, 0.2) is 40.0 Å². The van der Waals surface area contributed by atoms with Crippen molar-refractivity contribution in [1.82, 2.24) is 15.1 Å². The normalized spacial score (nSPS) is 29.6. The van der Waals surface area contributed by atoms with Crippen molar-refractivity contribution < 1.29 is 48.2 Å². The summed E-state index contributed by atoms with van der Waals surface area (Å²) in [5, 5.41) is 37.3. The Morgan fingerprint density at radius 3 is 2.53 bits per heavy atom. The molecular weight excluding hydrogens is 753 g/mol. The molecule has 2 unspecified atom stereocenters. The van der Waals surface area contributed by atoms with Gasteiger partial charge in [0.1, 0.15) is 18.4 Å². The van der Waals surface area contributed by atoms with Crippen molar-refractivity contribution in [1.29, 1.82) is 5.26 Å². The standard InChI is InChI=1S/C42H46N4O10S/c1-8-23-10-21-12-28(48)29(51-6)13-24(21)42(44-23)16-57-40-32-31(39-38(54-17-55-39)19(3)37(32)56-20(4)47)27(15-53-41(42)50)46-26(14-43)25-11-22-9-18(2)36(52-7)35(49)30(22)33(34(40)46)45(25)5/h9,12-13,23,25-27,33-34,40,44,48-49H,8,10-11,15-17H2,1-7H3/t23?,25-,26-,27-,33+,34?,40+,42+/m0/s1. The molecule has 0 radical (unpaired) electrons. The number of fused-ring (bicyclic) bond motifs is 9. The van der Waals surface area contributed by atoms with E-state index in [1.165, 1.54) is 32.9 Å². The van der Waals surface area contributed by atoms with Gasteiger partial charge >= 0.3 is 11.9 Å². The fourth-order valence-electron chi connectivity index (χ4n) is 10.6. The van der Waals surface area contributed by atoms with Crippen molar-refractivity contribution in [3.8, 4) is 46.3 Å². The van der Waals surface area contributed by atoms with E-state index in [9.17, 15) is 20.3 Å². The largest absolute Gasteiger partial charge is 0.504 e. The average Bonchev–Trinajstić information content (AvgIpc) is 3.68. The minimum Gasteiger partial charge on any atom is -0.504 e. The van der Waals surface area contributed by atoms with Gasteiger partial charge in [-0.2, -0.15) is 5.26 Å². The summed E-state index contributed by atoms with van der Waals surface area (Å²) in [7, 11) is 5.00. The number of carbonyl (C=O) groups excluding carboxylic acids is 2. The first kappa shape index (κ1) is 37.7. The van der Waals surface area contributed by atoms with E-state index < -0.39 is 46.9 Å². The number of methoxy groups -OCH3 is 2. The predicted octanol–water partition coefficient (Wildman–Crippen LogP) is 4.77. The first-order valence-corrected chi connectivity index (χ1v) is 20.3. The van der Waals surface area contributed by atoms with Crippen LogP contribution in [0.25, 0.3) is 0 Å². The van der Waals surface area contributed by atoms with Gasteiger partial charge in [0.25, 0.3) is 0 Å². The fraction of sp³-hybridized carbons (Fsp3) is 0.500. The van der Waals surface area contributed by atoms with E-state index in [1.54, 1.807) is 12.1 Å². The van der Waals surface area contributed by atoms with E-state index in [2.05, 4.69) is 21.2 Å². The van der Waals surface area contributed by atoms with Gasteiger partial charge in [-0.1, -0.05) is 13.0 Å². The molecule has 1 spiro atoms. The van der Waals surface area contributed by atoms with E-state index in [4.69, 9.17) is 28.4 Å². The zero-order valence-electron chi connectivity index (χ0n) is 32.9. The molecule has 3 aromatic carbocycles. The van der Waals surface area contributed by atoms with Gasteiger partial charge in [-0.3, -0.25) is 19.9 Å². The number of benzene rings is 3. The maximum atomic E-state index is 15.0. The molecule has 2 fully saturated rings. The maximum absolute atomic E-state index is 15.0. The van der Waals surface area contributed by atoms with Crippen molar-refractivity contribution in [3.05, 3.63) is 62.7 Å². The number of aromatic hydroxyl groups is 2. The number of nitrogens with zero attached hydrogens (tertiary/aromatic N) is 3. The van der Waals surface area contributed by atoms with Crippen LogP contribution < -0.4 is 29.0 Å². The van der Waals surface area contributed by atoms with Crippen LogP contribution >= 0.6 is 11.8 Å². The van der Waals surface area contributed by atoms with E-state index >= 15 is 4.79 Å². The number of piperazine rings is 1. The lowest BCUT2D eigenvalue weighted by Gasteiger charge is -2.62. The first-order chi connectivity index (χ1) is 27.4. The minimum absolute atomic E-state index is 0.0194. The number of rotatable bonds is 4. The first-order valence-electron chi connectivity index (χ1n) is 19.3. The van der Waals surface area contributed by atoms with Crippen LogP contribution in [0.15, 0.2) is 18.2 Å². The van der Waals surface area contributed by atoms with Crippen LogP contribution in [-0.4, -0.2) is 96.5 Å². The molecule has 300 valence electrons. The zero-order valence-corrected chi connectivity index (χ0v) is 33.7. The average molecular weight is 799 g/mol. The predicted molar refractivity (Wildman–Crippen MR) is 207 cm³/mol. The Labute approximate surface area is 334 Å². The number of carbonyl (C=O) groups is 2. The SMILES string of the molecule is CCC1Cc2cc(O)c(OC)cc2[C@@]2(CS[C@@H]3c4c(OC(C)=O)c(C)c5c(c4[C@H](COC2=O)N2C3[C@H]3c4c(cc(C)c(OC)c4O)C[C@@H]([C@@H]2C#N)N3C)OCO5)N1. The fourth-order valence-corrected chi connectivity index (χ4v) is 12.3. The van der Waals surface area contributed by atoms with Crippen molar-refractivity contribution in [3.63, 3.8) is 0 Å². The summed E-state index contributed by atoms with van der Waals surface area (Å²) >= 11 is 1.49. The van der Waals surface area contributed by atoms with Crippen molar-refractivity contribution >= 4 is 23.7 Å². The third kappa shape index (κ3) is 5.26. The molecular formula is C42H46N4O10S. The molecule has 14 nitrogen and oxygen atoms in total. The van der Waals surface area contributed by atoms with E-state index in [1.807, 2.05) is 33.9 Å². The second kappa shape index (κ2) is 13.6. The van der Waals surface area contributed by atoms with Gasteiger partial charge in [-0.25, -0.2) is 4.79 Å². The van der Waals surface area contributed by atoms with Crippen LogP contribution in [0.3, 0.4) is 0 Å². The highest BCUT2D eigenvalue weighted by atomic mass is 32.2. The van der Waals surface area contributed by atoms with Crippen molar-refractivity contribution in [2.24, 2.45) is 0 Å². The van der Waals surface area contributed by atoms with Gasteiger partial charge < -0.3 is 38.6 Å². The molecule has 0 saturated carbocycles. The Bertz CT molecular complexity index is 2280. The molecule has 7 aliphatic rings. The highest BCUT2D eigenvalue weighted by molar-refractivity contribution is 7.99. The number of likely N-dealkylation sites (N-methyl/N-ethyl adjacent to an activating group) is 1. The summed E-state index contributed by atoms with van der Waals surface area (Å²) in [6, 6.07) is 5.19. The smallest absolute Gasteiger partial charge is 0.331 e. The van der Waals surface area contributed by atoms with Gasteiger partial charge in [0.2, 0.25) is 6.79 Å². The van der Waals surface area contributed by atoms with Crippen LogP contribution in [0.5, 0.6) is 40.2 Å². The number of ether oxygens (including phenoxy) is 6. The molecule has 7 aliphatic heterocycles. The highest BCUT2D eigenvalue weighted by Crippen LogP contribution is 2.64. The molecule has 3 aromatic rings. The number of nitriles is 1. The number of hydrogen-bond donors (Lipinski definition) is 3. The summed E-state index contributed by atoms with van der Waals surface area (Å²) in [4.78, 5) is 32.4. The number of nitrogens with one attached hydrogen (secondary N) is 1. The number of hydrogen-bond acceptors (Lipinski definition) is 15. The minimum atomic E-state index is -1.39. The molecule has 57 heavy (non-hydrogen) atoms. The molecule has 0 aliphatic carbocycles. The van der Waals surface area contributed by atoms with E-state index in [0.29, 0.717) is 70.1 Å². The highest BCUT2D eigenvalue weighted by Gasteiger charge is 2.62. The topological polar surface area (TPSA) is 172 Å². The summed E-state index contributed by atoms with van der Waals surface area (Å²) in [6.07, 6.45) is 1.76. The number of esters is 2. The van der Waals surface area contributed by atoms with Crippen LogP contribution in [0, 0.1) is 25.2 Å². The number of thioether (sulfide) groups is 1. The van der Waals surface area contributed by atoms with Crippen LogP contribution in [0.2, 0.25) is 0 Å². The van der Waals surface area contributed by atoms with E-state index in [0.717, 1.165) is 16.7 Å². The van der Waals surface area contributed by atoms with Crippen LogP contribution in [-0.2, 0) is 32.7 Å². The molecule has 3 N–H and O–H groups in total. The summed E-state index contributed by atoms with van der Waals surface area (Å²) in [5.74, 6) is 0.989. The third-order valence-corrected chi connectivity index (χ3v) is 14.5. The second-order valence-electron chi connectivity index (χ2n) is 15.9. The van der Waals surface area contributed by atoms with Gasteiger partial charge in [0, 0.05) is 53.1 Å². The summed E-state index contributed by atoms with van der Waals surface area (Å²) in [5.41, 5.74) is 4.42. The lowest BCUT2D eigenvalue weighted by Crippen LogP contribution is -2.69. The van der Waals surface area contributed by atoms with Gasteiger partial charge in [0.05, 0.1) is 37.6 Å². The molecule has 7 heterocycles. The molecule has 0 amide bonds. The van der Waals surface area contributed by atoms with Crippen LogP contribution in [0.4, 0.5) is 0 Å². The maximum Gasteiger partial charge on any atom is 0.331 e. The number of phenolic OH excluding ortho intramolecular Hbond substituents is 2. The Morgan fingerprint density at radius 1 is 1.05 bits per heavy atom. The molecule has 4 bridgehead atoms. The summed E-state index contributed by atoms with van der Waals surface area (Å²) in [6.45, 7) is 6.90. The lowest BCUT2D eigenvalue weighted by molar-refractivity contribution is -0.157. The summed E-state index contributed by atoms with van der Waals surface area (Å²) < 4.78 is 36.3. The number of phenols is 2. The van der Waals surface area contributed by atoms with Crippen molar-refractivity contribution in [2.75, 3.05) is 40.4 Å². The molecule has 15 heteroatoms. The van der Waals surface area contributed by atoms with Crippen LogP contribution in [0.1, 0.15) is 82.1 Å². The Balaban J connectivity index is 1.34. The number of aryl methyl sites for hydroxylation is 1. The molecule has 2 saturated heterocycles. The van der Waals surface area contributed by atoms with E-state index in [-0.39, 0.29) is 48.5 Å². The monoisotopic (exact) mass is 798 g/mol. The lowest BCUT2D eigenvalue weighted by atomic mass is 9.71. The second-order valence-corrected chi connectivity index (χ2v) is 17.0. The zero-order chi connectivity index (χ0) is 40.2. The molecule has 10 rings (SSSR count). The Kier molecular flexibility index (Phi) is 9.00. The Hall–Kier alpha value is -4.88. The third-order valence-electron chi connectivity index (χ3n) is 13.0. The Morgan fingerprint density at radius 2 is 1.82 bits per heavy atom. The van der Waals surface area contributed by atoms with Gasteiger partial charge in [-0.15, -0.1) is 11.8 Å².